The summed E-state index contributed by atoms with van der Waals surface area (Å²) < 4.78 is 33.0. The second kappa shape index (κ2) is 13.0. The number of sulfonamides is 1. The first-order valence-corrected chi connectivity index (χ1v) is 15.7. The molecule has 216 valence electrons. The van der Waals surface area contributed by atoms with E-state index in [0.29, 0.717) is 31.9 Å². The average Bonchev–Trinajstić information content (AvgIpc) is 3.51. The lowest BCUT2D eigenvalue weighted by molar-refractivity contribution is -0.126. The second-order valence-electron chi connectivity index (χ2n) is 10.8. The molecule has 2 aliphatic rings. The Morgan fingerprint density at radius 2 is 1.56 bits per heavy atom. The fraction of sp³-hybridized carbons (Fsp3) is 0.375. The van der Waals surface area contributed by atoms with E-state index in [1.54, 1.807) is 4.90 Å². The van der Waals surface area contributed by atoms with Crippen molar-refractivity contribution in [3.05, 3.63) is 101 Å². The third kappa shape index (κ3) is 6.86. The van der Waals surface area contributed by atoms with Crippen molar-refractivity contribution in [3.8, 4) is 0 Å². The maximum absolute atomic E-state index is 14.2. The summed E-state index contributed by atoms with van der Waals surface area (Å²) >= 11 is 0. The van der Waals surface area contributed by atoms with Crippen molar-refractivity contribution in [1.29, 1.82) is 0 Å². The molecule has 3 aromatic rings. The summed E-state index contributed by atoms with van der Waals surface area (Å²) in [4.78, 5) is 29.8. The largest absolute Gasteiger partial charge is 0.379 e. The number of carbonyl (C=O) groups is 2. The molecule has 5 rings (SSSR count). The van der Waals surface area contributed by atoms with Crippen molar-refractivity contribution in [1.82, 2.24) is 14.5 Å². The Kier molecular flexibility index (Phi) is 9.17. The first kappa shape index (κ1) is 29.0. The number of aryl methyl sites for hydroxylation is 1. The standard InChI is InChI=1S/C32H37N3O5S/c1-24-11-13-26(14-12-24)30(31(36)33-28-9-5-6-10-28)35(23-25-7-3-2-4-8-25)32(37)27-15-17-29(18-16-27)41(38,39)34-19-21-40-22-20-34/h2-4,7-8,11-18,28,30H,5-6,9-10,19-23H2,1H3,(H,33,36)/t30-/m1/s1. The summed E-state index contributed by atoms with van der Waals surface area (Å²) in [5, 5.41) is 3.20. The van der Waals surface area contributed by atoms with Gasteiger partial charge in [-0.1, -0.05) is 73.0 Å². The van der Waals surface area contributed by atoms with Crippen LogP contribution in [0, 0.1) is 6.92 Å². The van der Waals surface area contributed by atoms with E-state index in [0.717, 1.165) is 42.4 Å². The number of nitrogens with one attached hydrogen (secondary N) is 1. The molecule has 0 spiro atoms. The Labute approximate surface area is 242 Å². The van der Waals surface area contributed by atoms with Crippen molar-refractivity contribution in [2.24, 2.45) is 0 Å². The van der Waals surface area contributed by atoms with Crippen molar-refractivity contribution in [2.45, 2.75) is 56.1 Å². The zero-order valence-electron chi connectivity index (χ0n) is 23.4. The summed E-state index contributed by atoms with van der Waals surface area (Å²) in [5.74, 6) is -0.562. The first-order chi connectivity index (χ1) is 19.8. The summed E-state index contributed by atoms with van der Waals surface area (Å²) in [6.07, 6.45) is 4.01. The molecule has 1 N–H and O–H groups in total. The maximum Gasteiger partial charge on any atom is 0.255 e. The van der Waals surface area contributed by atoms with Crippen LogP contribution in [0.1, 0.15) is 58.8 Å². The van der Waals surface area contributed by atoms with Gasteiger partial charge in [-0.2, -0.15) is 4.31 Å². The molecular formula is C32H37N3O5S. The summed E-state index contributed by atoms with van der Waals surface area (Å²) in [6, 6.07) is 22.5. The van der Waals surface area contributed by atoms with Gasteiger partial charge in [-0.3, -0.25) is 9.59 Å². The SMILES string of the molecule is Cc1ccc([C@H](C(=O)NC2CCCC2)N(Cc2ccccc2)C(=O)c2ccc(S(=O)(=O)N3CCOCC3)cc2)cc1. The number of nitrogens with zero attached hydrogens (tertiary/aromatic N) is 2. The van der Waals surface area contributed by atoms with Gasteiger partial charge >= 0.3 is 0 Å². The predicted octanol–water partition coefficient (Wildman–Crippen LogP) is 4.46. The molecule has 9 heteroatoms. The van der Waals surface area contributed by atoms with Gasteiger partial charge in [-0.05, 0) is 55.2 Å². The topological polar surface area (TPSA) is 96.0 Å². The molecule has 0 aromatic heterocycles. The molecule has 1 atom stereocenters. The molecular weight excluding hydrogens is 538 g/mol. The molecule has 1 aliphatic heterocycles. The van der Waals surface area contributed by atoms with Crippen LogP contribution in [0.25, 0.3) is 0 Å². The van der Waals surface area contributed by atoms with Gasteiger partial charge < -0.3 is 15.0 Å². The molecule has 0 bridgehead atoms. The number of hydrogen-bond acceptors (Lipinski definition) is 5. The van der Waals surface area contributed by atoms with Gasteiger partial charge in [-0.25, -0.2) is 8.42 Å². The van der Waals surface area contributed by atoms with Crippen LogP contribution in [0.4, 0.5) is 0 Å². The molecule has 2 fully saturated rings. The van der Waals surface area contributed by atoms with Gasteiger partial charge in [0.1, 0.15) is 6.04 Å². The predicted molar refractivity (Wildman–Crippen MR) is 157 cm³/mol. The fourth-order valence-electron chi connectivity index (χ4n) is 5.50. The molecule has 0 radical (unpaired) electrons. The van der Waals surface area contributed by atoms with E-state index in [1.165, 1.54) is 28.6 Å². The first-order valence-electron chi connectivity index (χ1n) is 14.2. The van der Waals surface area contributed by atoms with E-state index in [1.807, 2.05) is 61.5 Å². The van der Waals surface area contributed by atoms with Crippen molar-refractivity contribution in [2.75, 3.05) is 26.3 Å². The molecule has 3 aromatic carbocycles. The van der Waals surface area contributed by atoms with Crippen molar-refractivity contribution >= 4 is 21.8 Å². The zero-order chi connectivity index (χ0) is 28.8. The van der Waals surface area contributed by atoms with Crippen molar-refractivity contribution in [3.63, 3.8) is 0 Å². The van der Waals surface area contributed by atoms with Crippen LogP contribution >= 0.6 is 0 Å². The van der Waals surface area contributed by atoms with Gasteiger partial charge in [0.25, 0.3) is 5.91 Å². The molecule has 1 saturated heterocycles. The minimum atomic E-state index is -3.70. The Balaban J connectivity index is 1.49. The Morgan fingerprint density at radius 3 is 2.20 bits per heavy atom. The highest BCUT2D eigenvalue weighted by atomic mass is 32.2. The number of carbonyl (C=O) groups excluding carboxylic acids is 2. The third-order valence-electron chi connectivity index (χ3n) is 7.82. The highest BCUT2D eigenvalue weighted by molar-refractivity contribution is 7.89. The monoisotopic (exact) mass is 575 g/mol. The number of ether oxygens (including phenoxy) is 1. The Bertz CT molecular complexity index is 1430. The number of benzene rings is 3. The van der Waals surface area contributed by atoms with Crippen LogP contribution in [0.2, 0.25) is 0 Å². The van der Waals surface area contributed by atoms with Gasteiger partial charge in [0, 0.05) is 31.2 Å². The number of rotatable bonds is 9. The lowest BCUT2D eigenvalue weighted by Gasteiger charge is -2.32. The summed E-state index contributed by atoms with van der Waals surface area (Å²) in [6.45, 7) is 3.49. The number of morpholine rings is 1. The molecule has 1 heterocycles. The van der Waals surface area contributed by atoms with Crippen LogP contribution in [-0.2, 0) is 26.1 Å². The molecule has 8 nitrogen and oxygen atoms in total. The maximum atomic E-state index is 14.2. The molecule has 1 saturated carbocycles. The quantitative estimate of drug-likeness (QED) is 0.407. The Morgan fingerprint density at radius 1 is 0.927 bits per heavy atom. The fourth-order valence-corrected chi connectivity index (χ4v) is 6.91. The van der Waals surface area contributed by atoms with Crippen LogP contribution < -0.4 is 5.32 Å². The van der Waals surface area contributed by atoms with Gasteiger partial charge in [0.2, 0.25) is 15.9 Å². The van der Waals surface area contributed by atoms with Gasteiger partial charge in [0.05, 0.1) is 18.1 Å². The van der Waals surface area contributed by atoms with Gasteiger partial charge in [-0.15, -0.1) is 0 Å². The minimum absolute atomic E-state index is 0.0915. The summed E-state index contributed by atoms with van der Waals surface area (Å²) in [7, 11) is -3.70. The molecule has 1 aliphatic carbocycles. The van der Waals surface area contributed by atoms with Crippen LogP contribution in [0.3, 0.4) is 0 Å². The average molecular weight is 576 g/mol. The highest BCUT2D eigenvalue weighted by Crippen LogP contribution is 2.28. The van der Waals surface area contributed by atoms with E-state index < -0.39 is 16.1 Å². The smallest absolute Gasteiger partial charge is 0.255 e. The van der Waals surface area contributed by atoms with Crippen molar-refractivity contribution < 1.29 is 22.7 Å². The highest BCUT2D eigenvalue weighted by Gasteiger charge is 2.34. The Hall–Kier alpha value is -3.53. The van der Waals surface area contributed by atoms with E-state index in [-0.39, 0.29) is 29.3 Å². The minimum Gasteiger partial charge on any atom is -0.379 e. The van der Waals surface area contributed by atoms with Crippen LogP contribution in [0.15, 0.2) is 83.8 Å². The second-order valence-corrected chi connectivity index (χ2v) is 12.7. The van der Waals surface area contributed by atoms with Crippen LogP contribution in [-0.4, -0.2) is 61.8 Å². The lowest BCUT2D eigenvalue weighted by Crippen LogP contribution is -2.46. The number of amides is 2. The molecule has 0 unspecified atom stereocenters. The third-order valence-corrected chi connectivity index (χ3v) is 9.73. The summed E-state index contributed by atoms with van der Waals surface area (Å²) in [5.41, 5.74) is 2.98. The van der Waals surface area contributed by atoms with E-state index in [9.17, 15) is 18.0 Å². The van der Waals surface area contributed by atoms with Gasteiger partial charge in [0.15, 0.2) is 0 Å². The normalized spacial score (nSPS) is 17.2. The zero-order valence-corrected chi connectivity index (χ0v) is 24.2. The van der Waals surface area contributed by atoms with Crippen LogP contribution in [0.5, 0.6) is 0 Å². The lowest BCUT2D eigenvalue weighted by atomic mass is 10.00. The van der Waals surface area contributed by atoms with E-state index in [4.69, 9.17) is 4.74 Å². The number of hydrogen-bond donors (Lipinski definition) is 1. The molecule has 41 heavy (non-hydrogen) atoms. The molecule has 2 amide bonds. The van der Waals surface area contributed by atoms with E-state index >= 15 is 0 Å². The van der Waals surface area contributed by atoms with E-state index in [2.05, 4.69) is 5.32 Å².